The molecule has 0 bridgehead atoms. The molecule has 0 aliphatic heterocycles. The number of carbonyl (C=O) groups excluding carboxylic acids is 2. The summed E-state index contributed by atoms with van der Waals surface area (Å²) in [5, 5.41) is 3.00. The van der Waals surface area contributed by atoms with E-state index in [0.717, 1.165) is 23.1 Å². The Hall–Kier alpha value is -3.85. The smallest absolute Gasteiger partial charge is 0.264 e. The van der Waals surface area contributed by atoms with E-state index in [4.69, 9.17) is 4.74 Å². The fourth-order valence-corrected chi connectivity index (χ4v) is 6.14. The van der Waals surface area contributed by atoms with E-state index in [0.29, 0.717) is 23.4 Å². The van der Waals surface area contributed by atoms with Gasteiger partial charge in [0, 0.05) is 12.6 Å². The number of hydrogen-bond donors (Lipinski definition) is 1. The molecule has 2 atom stereocenters. The van der Waals surface area contributed by atoms with Gasteiger partial charge in [-0.05, 0) is 87.6 Å². The molecule has 0 saturated heterocycles. The number of benzene rings is 3. The number of hydrogen-bond acceptors (Lipinski definition) is 5. The van der Waals surface area contributed by atoms with Crippen LogP contribution in [0.3, 0.4) is 0 Å². The van der Waals surface area contributed by atoms with Crippen LogP contribution >= 0.6 is 0 Å². The molecule has 1 N–H and O–H groups in total. The average Bonchev–Trinajstić information content (AvgIpc) is 2.97. The van der Waals surface area contributed by atoms with E-state index in [2.05, 4.69) is 5.32 Å². The number of sulfonamides is 1. The number of rotatable bonds is 13. The Kier molecular flexibility index (Phi) is 11.2. The molecule has 8 nitrogen and oxygen atoms in total. The second-order valence-corrected chi connectivity index (χ2v) is 12.6. The Morgan fingerprint density at radius 3 is 2.19 bits per heavy atom. The lowest BCUT2D eigenvalue weighted by Gasteiger charge is -2.34. The lowest BCUT2D eigenvalue weighted by atomic mass is 10.1. The molecule has 2 amide bonds. The molecule has 0 heterocycles. The predicted octanol–water partition coefficient (Wildman–Crippen LogP) is 5.54. The summed E-state index contributed by atoms with van der Waals surface area (Å²) in [6.07, 6.45) is 1.09. The van der Waals surface area contributed by atoms with Crippen molar-refractivity contribution in [2.24, 2.45) is 0 Å². The van der Waals surface area contributed by atoms with Crippen LogP contribution in [0, 0.1) is 20.8 Å². The molecule has 0 fully saturated rings. The van der Waals surface area contributed by atoms with Gasteiger partial charge in [0.1, 0.15) is 18.3 Å². The van der Waals surface area contributed by atoms with Gasteiger partial charge in [-0.3, -0.25) is 13.9 Å². The summed E-state index contributed by atoms with van der Waals surface area (Å²) in [6.45, 7) is 10.9. The highest BCUT2D eigenvalue weighted by atomic mass is 32.2. The Morgan fingerprint density at radius 2 is 1.57 bits per heavy atom. The summed E-state index contributed by atoms with van der Waals surface area (Å²) in [5.41, 5.74) is 3.68. The van der Waals surface area contributed by atoms with Crippen LogP contribution in [0.2, 0.25) is 0 Å². The van der Waals surface area contributed by atoms with Crippen molar-refractivity contribution in [2.75, 3.05) is 18.0 Å². The van der Waals surface area contributed by atoms with Gasteiger partial charge in [0.15, 0.2) is 0 Å². The van der Waals surface area contributed by atoms with Gasteiger partial charge in [0.05, 0.1) is 17.7 Å². The number of aryl methyl sites for hydroxylation is 3. The first-order valence-corrected chi connectivity index (χ1v) is 15.7. The zero-order valence-corrected chi connectivity index (χ0v) is 26.5. The van der Waals surface area contributed by atoms with Crippen LogP contribution in [0.1, 0.15) is 55.9 Å². The summed E-state index contributed by atoms with van der Waals surface area (Å²) in [6, 6.07) is 18.5. The molecule has 3 aromatic rings. The average molecular weight is 594 g/mol. The Balaban J connectivity index is 2.11. The Morgan fingerprint density at radius 1 is 0.905 bits per heavy atom. The molecule has 0 aromatic heterocycles. The van der Waals surface area contributed by atoms with Gasteiger partial charge in [0.2, 0.25) is 11.8 Å². The van der Waals surface area contributed by atoms with Crippen LogP contribution in [-0.2, 0) is 26.2 Å². The van der Waals surface area contributed by atoms with Crippen LogP contribution in [0.25, 0.3) is 0 Å². The maximum atomic E-state index is 14.3. The van der Waals surface area contributed by atoms with Gasteiger partial charge in [0.25, 0.3) is 10.0 Å². The Bertz CT molecular complexity index is 1490. The van der Waals surface area contributed by atoms with Gasteiger partial charge in [-0.25, -0.2) is 8.42 Å². The molecule has 0 radical (unpaired) electrons. The molecule has 0 spiro atoms. The quantitative estimate of drug-likeness (QED) is 0.281. The van der Waals surface area contributed by atoms with E-state index in [-0.39, 0.29) is 23.4 Å². The molecule has 9 heteroatoms. The Labute approximate surface area is 250 Å². The lowest BCUT2D eigenvalue weighted by molar-refractivity contribution is -0.140. The number of anilines is 1. The van der Waals surface area contributed by atoms with Crippen LogP contribution < -0.4 is 14.4 Å². The molecule has 0 aliphatic carbocycles. The minimum Gasteiger partial charge on any atom is -0.497 e. The molecule has 0 aliphatic rings. The zero-order valence-electron chi connectivity index (χ0n) is 25.7. The van der Waals surface area contributed by atoms with Crippen molar-refractivity contribution >= 4 is 27.5 Å². The third kappa shape index (κ3) is 7.91. The number of methoxy groups -OCH3 is 1. The van der Waals surface area contributed by atoms with E-state index in [1.54, 1.807) is 43.5 Å². The normalized spacial score (nSPS) is 12.7. The summed E-state index contributed by atoms with van der Waals surface area (Å²) < 4.78 is 34.8. The standard InChI is InChI=1S/C33H43N3O5S/c1-8-26(6)34-33(38)30(9-2)35(21-27-11-10-12-28(20-27)41-7)32(37)22-36(31-19-24(4)13-16-25(31)5)42(39,40)29-17-14-23(3)15-18-29/h10-20,26,30H,8-9,21-22H2,1-7H3,(H,34,38). The van der Waals surface area contributed by atoms with Crippen molar-refractivity contribution in [2.45, 2.75) is 77.9 Å². The minimum atomic E-state index is -4.13. The van der Waals surface area contributed by atoms with Crippen LogP contribution in [-0.4, -0.2) is 50.9 Å². The van der Waals surface area contributed by atoms with Crippen molar-refractivity contribution in [3.8, 4) is 5.75 Å². The van der Waals surface area contributed by atoms with Crippen molar-refractivity contribution in [1.29, 1.82) is 0 Å². The first-order chi connectivity index (χ1) is 19.9. The third-order valence-corrected chi connectivity index (χ3v) is 9.17. The van der Waals surface area contributed by atoms with E-state index >= 15 is 0 Å². The van der Waals surface area contributed by atoms with Crippen LogP contribution in [0.4, 0.5) is 5.69 Å². The van der Waals surface area contributed by atoms with E-state index < -0.39 is 28.5 Å². The van der Waals surface area contributed by atoms with Gasteiger partial charge in [-0.15, -0.1) is 0 Å². The molecule has 0 saturated carbocycles. The monoisotopic (exact) mass is 593 g/mol. The molecule has 42 heavy (non-hydrogen) atoms. The van der Waals surface area contributed by atoms with E-state index in [1.807, 2.05) is 71.9 Å². The second-order valence-electron chi connectivity index (χ2n) is 10.7. The van der Waals surface area contributed by atoms with E-state index in [9.17, 15) is 18.0 Å². The van der Waals surface area contributed by atoms with Gasteiger partial charge in [-0.1, -0.05) is 55.8 Å². The lowest BCUT2D eigenvalue weighted by Crippen LogP contribution is -2.53. The second kappa shape index (κ2) is 14.4. The first kappa shape index (κ1) is 32.7. The number of carbonyl (C=O) groups is 2. The van der Waals surface area contributed by atoms with Gasteiger partial charge >= 0.3 is 0 Å². The number of amides is 2. The van der Waals surface area contributed by atoms with Crippen molar-refractivity contribution in [3.05, 3.63) is 89.0 Å². The fraction of sp³-hybridized carbons (Fsp3) is 0.394. The predicted molar refractivity (Wildman–Crippen MR) is 167 cm³/mol. The van der Waals surface area contributed by atoms with Gasteiger partial charge < -0.3 is 15.0 Å². The van der Waals surface area contributed by atoms with Crippen molar-refractivity contribution in [1.82, 2.24) is 10.2 Å². The third-order valence-electron chi connectivity index (χ3n) is 7.40. The molecular formula is C33H43N3O5S. The topological polar surface area (TPSA) is 96.0 Å². The number of nitrogens with zero attached hydrogens (tertiary/aromatic N) is 2. The summed E-state index contributed by atoms with van der Waals surface area (Å²) in [5.74, 6) is -0.140. The number of nitrogens with one attached hydrogen (secondary N) is 1. The maximum absolute atomic E-state index is 14.3. The highest BCUT2D eigenvalue weighted by Crippen LogP contribution is 2.29. The highest BCUT2D eigenvalue weighted by Gasteiger charge is 2.34. The summed E-state index contributed by atoms with van der Waals surface area (Å²) in [7, 11) is -2.57. The first-order valence-electron chi connectivity index (χ1n) is 14.3. The SMILES string of the molecule is CCC(C)NC(=O)C(CC)N(Cc1cccc(OC)c1)C(=O)CN(c1cc(C)ccc1C)S(=O)(=O)c1ccc(C)cc1. The summed E-state index contributed by atoms with van der Waals surface area (Å²) in [4.78, 5) is 29.3. The van der Waals surface area contributed by atoms with Crippen LogP contribution in [0.15, 0.2) is 71.6 Å². The highest BCUT2D eigenvalue weighted by molar-refractivity contribution is 7.92. The van der Waals surface area contributed by atoms with Crippen LogP contribution in [0.5, 0.6) is 5.75 Å². The molecule has 3 rings (SSSR count). The molecular weight excluding hydrogens is 550 g/mol. The fourth-order valence-electron chi connectivity index (χ4n) is 4.67. The maximum Gasteiger partial charge on any atom is 0.264 e. The molecule has 3 aromatic carbocycles. The zero-order chi connectivity index (χ0) is 31.0. The molecule has 226 valence electrons. The summed E-state index contributed by atoms with van der Waals surface area (Å²) >= 11 is 0. The van der Waals surface area contributed by atoms with Crippen molar-refractivity contribution in [3.63, 3.8) is 0 Å². The van der Waals surface area contributed by atoms with E-state index in [1.165, 1.54) is 9.21 Å². The number of ether oxygens (including phenoxy) is 1. The van der Waals surface area contributed by atoms with Crippen molar-refractivity contribution < 1.29 is 22.7 Å². The minimum absolute atomic E-state index is 0.0753. The largest absolute Gasteiger partial charge is 0.497 e. The van der Waals surface area contributed by atoms with Gasteiger partial charge in [-0.2, -0.15) is 0 Å². The molecule has 2 unspecified atom stereocenters.